The minimum Gasteiger partial charge on any atom is -0.375 e. The van der Waals surface area contributed by atoms with Crippen molar-refractivity contribution in [1.29, 1.82) is 0 Å². The molecule has 63 heavy (non-hydrogen) atoms. The van der Waals surface area contributed by atoms with Gasteiger partial charge < -0.3 is 31.1 Å². The second-order valence-corrected chi connectivity index (χ2v) is 21.4. The number of carbonyl (C=O) groups excluding carboxylic acids is 3. The normalized spacial score (nSPS) is 19.1. The number of aromatic nitrogens is 2. The minimum atomic E-state index is -0.153. The molecule has 6 aromatic rings. The Bertz CT molecular complexity index is 2580. The Morgan fingerprint density at radius 1 is 0.698 bits per heavy atom. The average Bonchev–Trinajstić information content (AvgIpc) is 4.11. The standard InChI is InChI=1S/C47H51N9O3S4/c1-54(23-29-6-2-8-31(18-29)39-21-51-44(62-39)33-25-55(26-33)46(58)37-12-14-41(60-37)50-20-35-10-4-16-48-35)24-30-7-3-9-32(19-30)40-22-52-45(63-40)34-27-56(28-34)47(59)38-13-15-42(61-38)53-43(57)36-11-5-17-49-36/h2-3,6-9,12-15,18-19,21-22,33-36,48-50H,4-5,10-11,16-17,20,23-28H2,1H3,(H,53,57)/t35?,36-/m0/s1. The summed E-state index contributed by atoms with van der Waals surface area (Å²) in [5.41, 5.74) is 4.80. The van der Waals surface area contributed by atoms with E-state index in [1.165, 1.54) is 40.9 Å². The van der Waals surface area contributed by atoms with Gasteiger partial charge in [-0.05, 0) is 104 Å². The zero-order valence-corrected chi connectivity index (χ0v) is 38.4. The molecule has 1 unspecified atom stereocenters. The molecule has 326 valence electrons. The molecule has 4 saturated heterocycles. The lowest BCUT2D eigenvalue weighted by atomic mass is 10.0. The topological polar surface area (TPSA) is 135 Å². The van der Waals surface area contributed by atoms with Crippen LogP contribution in [0.2, 0.25) is 0 Å². The van der Waals surface area contributed by atoms with Crippen molar-refractivity contribution < 1.29 is 14.4 Å². The van der Waals surface area contributed by atoms with Gasteiger partial charge in [-0.1, -0.05) is 36.4 Å². The van der Waals surface area contributed by atoms with Gasteiger partial charge in [-0.3, -0.25) is 19.3 Å². The van der Waals surface area contributed by atoms with Gasteiger partial charge in [0.05, 0.1) is 45.6 Å². The maximum absolute atomic E-state index is 13.2. The van der Waals surface area contributed by atoms with Gasteiger partial charge in [0.25, 0.3) is 11.8 Å². The molecule has 12 nitrogen and oxygen atoms in total. The van der Waals surface area contributed by atoms with Crippen molar-refractivity contribution in [1.82, 2.24) is 35.3 Å². The van der Waals surface area contributed by atoms with Crippen LogP contribution in [0.15, 0.2) is 85.2 Å². The number of carbonyl (C=O) groups is 3. The maximum Gasteiger partial charge on any atom is 0.264 e. The smallest absolute Gasteiger partial charge is 0.264 e. The van der Waals surface area contributed by atoms with E-state index in [0.717, 1.165) is 80.8 Å². The van der Waals surface area contributed by atoms with E-state index in [2.05, 4.69) is 81.7 Å². The monoisotopic (exact) mass is 917 g/mol. The quantitative estimate of drug-likeness (QED) is 0.0809. The summed E-state index contributed by atoms with van der Waals surface area (Å²) in [5.74, 6) is 0.575. The molecule has 0 aliphatic carbocycles. The van der Waals surface area contributed by atoms with E-state index in [0.29, 0.717) is 42.1 Å². The number of amides is 3. The molecule has 3 amide bonds. The van der Waals surface area contributed by atoms with Gasteiger partial charge in [0.1, 0.15) is 0 Å². The van der Waals surface area contributed by atoms with Crippen molar-refractivity contribution in [2.75, 3.05) is 63.5 Å². The Morgan fingerprint density at radius 2 is 1.25 bits per heavy atom. The van der Waals surface area contributed by atoms with Crippen LogP contribution in [-0.2, 0) is 17.9 Å². The molecule has 2 atom stereocenters. The largest absolute Gasteiger partial charge is 0.375 e. The second-order valence-electron chi connectivity index (χ2n) is 17.2. The van der Waals surface area contributed by atoms with Crippen molar-refractivity contribution in [2.24, 2.45) is 0 Å². The zero-order chi connectivity index (χ0) is 42.9. The average molecular weight is 918 g/mol. The highest BCUT2D eigenvalue weighted by molar-refractivity contribution is 7.18. The van der Waals surface area contributed by atoms with Crippen molar-refractivity contribution in [3.8, 4) is 20.9 Å². The fourth-order valence-electron chi connectivity index (χ4n) is 8.80. The van der Waals surface area contributed by atoms with Crippen molar-refractivity contribution in [2.45, 2.75) is 62.7 Å². The third kappa shape index (κ3) is 9.67. The lowest BCUT2D eigenvalue weighted by Gasteiger charge is -2.37. The van der Waals surface area contributed by atoms with Crippen LogP contribution in [0.5, 0.6) is 0 Å². The Balaban J connectivity index is 0.685. The second kappa shape index (κ2) is 18.7. The third-order valence-corrected chi connectivity index (χ3v) is 16.8. The molecular formula is C47H51N9O3S4. The van der Waals surface area contributed by atoms with Gasteiger partial charge in [-0.2, -0.15) is 0 Å². The van der Waals surface area contributed by atoms with Gasteiger partial charge >= 0.3 is 0 Å². The summed E-state index contributed by atoms with van der Waals surface area (Å²) in [6.07, 6.45) is 8.23. The lowest BCUT2D eigenvalue weighted by Crippen LogP contribution is -2.48. The molecule has 8 heterocycles. The van der Waals surface area contributed by atoms with E-state index >= 15 is 0 Å². The molecule has 0 radical (unpaired) electrons. The van der Waals surface area contributed by atoms with Gasteiger partial charge in [-0.15, -0.1) is 45.3 Å². The van der Waals surface area contributed by atoms with Crippen LogP contribution >= 0.6 is 45.3 Å². The SMILES string of the molecule is CN(Cc1cccc(-c2cnc(C3CN(C(=O)c4ccc(NCC5CCCN5)s4)C3)s2)c1)Cc1cccc(-c2cnc(C3CN(C(=O)c4ccc(NC(=O)[C@@H]5CCCN5)s4)C3)s2)c1. The molecule has 4 aliphatic heterocycles. The van der Waals surface area contributed by atoms with Crippen LogP contribution in [0.1, 0.15) is 78.0 Å². The molecule has 4 N–H and O–H groups in total. The summed E-state index contributed by atoms with van der Waals surface area (Å²) in [6, 6.07) is 25.4. The van der Waals surface area contributed by atoms with Gasteiger partial charge in [-0.25, -0.2) is 9.97 Å². The van der Waals surface area contributed by atoms with Crippen LogP contribution < -0.4 is 21.3 Å². The van der Waals surface area contributed by atoms with Crippen LogP contribution in [-0.4, -0.2) is 107 Å². The number of anilines is 2. The van der Waals surface area contributed by atoms with Crippen molar-refractivity contribution >= 4 is 73.1 Å². The molecule has 4 aromatic heterocycles. The third-order valence-electron chi connectivity index (χ3n) is 12.4. The molecule has 10 rings (SSSR count). The Morgan fingerprint density at radius 3 is 1.81 bits per heavy atom. The summed E-state index contributed by atoms with van der Waals surface area (Å²) < 4.78 is 0. The van der Waals surface area contributed by atoms with Gasteiger partial charge in [0, 0.05) is 76.1 Å². The number of rotatable bonds is 15. The van der Waals surface area contributed by atoms with Crippen LogP contribution in [0.4, 0.5) is 10.0 Å². The first-order valence-electron chi connectivity index (χ1n) is 21.9. The molecule has 0 spiro atoms. The highest BCUT2D eigenvalue weighted by Gasteiger charge is 2.36. The van der Waals surface area contributed by atoms with E-state index in [4.69, 9.17) is 9.97 Å². The zero-order valence-electron chi connectivity index (χ0n) is 35.2. The van der Waals surface area contributed by atoms with Gasteiger partial charge in [0.15, 0.2) is 0 Å². The summed E-state index contributed by atoms with van der Waals surface area (Å²) in [4.78, 5) is 58.4. The molecule has 0 bridgehead atoms. The van der Waals surface area contributed by atoms with E-state index in [9.17, 15) is 14.4 Å². The van der Waals surface area contributed by atoms with Crippen LogP contribution in [0.3, 0.4) is 0 Å². The Kier molecular flexibility index (Phi) is 12.5. The first-order valence-corrected chi connectivity index (χ1v) is 25.1. The first kappa shape index (κ1) is 42.2. The number of nitrogens with one attached hydrogen (secondary N) is 4. The van der Waals surface area contributed by atoms with E-state index in [-0.39, 0.29) is 35.6 Å². The predicted octanol–water partition coefficient (Wildman–Crippen LogP) is 8.02. The molecule has 16 heteroatoms. The summed E-state index contributed by atoms with van der Waals surface area (Å²) in [6.45, 7) is 7.16. The van der Waals surface area contributed by atoms with Crippen molar-refractivity contribution in [3.63, 3.8) is 0 Å². The van der Waals surface area contributed by atoms with E-state index in [1.807, 2.05) is 46.5 Å². The molecule has 2 aromatic carbocycles. The van der Waals surface area contributed by atoms with E-state index in [1.54, 1.807) is 34.0 Å². The number of thiophene rings is 2. The van der Waals surface area contributed by atoms with Crippen LogP contribution in [0.25, 0.3) is 20.9 Å². The molecular weight excluding hydrogens is 867 g/mol. The first-order chi connectivity index (χ1) is 30.8. The minimum absolute atomic E-state index is 0.00386. The Labute approximate surface area is 383 Å². The van der Waals surface area contributed by atoms with Gasteiger partial charge in [0.2, 0.25) is 5.91 Å². The fourth-order valence-corrected chi connectivity index (χ4v) is 12.5. The highest BCUT2D eigenvalue weighted by Crippen LogP contribution is 2.38. The number of hydrogen-bond acceptors (Lipinski definition) is 13. The predicted molar refractivity (Wildman–Crippen MR) is 255 cm³/mol. The van der Waals surface area contributed by atoms with Crippen molar-refractivity contribution in [3.05, 3.63) is 116 Å². The number of hydrogen-bond donors (Lipinski definition) is 4. The molecule has 4 fully saturated rings. The summed E-state index contributed by atoms with van der Waals surface area (Å²) in [5, 5.41) is 17.1. The number of thiazole rings is 2. The maximum atomic E-state index is 13.2. The number of benzene rings is 2. The number of nitrogens with zero attached hydrogens (tertiary/aromatic N) is 5. The molecule has 0 saturated carbocycles. The Hall–Kier alpha value is -4.81. The lowest BCUT2D eigenvalue weighted by molar-refractivity contribution is -0.117. The van der Waals surface area contributed by atoms with Crippen LogP contribution in [0, 0.1) is 0 Å². The molecule has 4 aliphatic rings. The highest BCUT2D eigenvalue weighted by atomic mass is 32.1. The number of likely N-dealkylation sites (tertiary alicyclic amines) is 2. The fraction of sp³-hybridized carbons (Fsp3) is 0.383. The summed E-state index contributed by atoms with van der Waals surface area (Å²) in [7, 11) is 2.16. The van der Waals surface area contributed by atoms with E-state index < -0.39 is 0 Å². The summed E-state index contributed by atoms with van der Waals surface area (Å²) >= 11 is 6.33.